The number of pyridine rings is 1. The van der Waals surface area contributed by atoms with Crippen LogP contribution in [0.25, 0.3) is 22.3 Å². The maximum atomic E-state index is 13.1. The third kappa shape index (κ3) is 2.73. The van der Waals surface area contributed by atoms with Crippen molar-refractivity contribution in [1.29, 1.82) is 0 Å². The number of aliphatic hydroxyl groups is 1. The summed E-state index contributed by atoms with van der Waals surface area (Å²) in [6, 6.07) is 12.0. The van der Waals surface area contributed by atoms with Gasteiger partial charge in [0.25, 0.3) is 0 Å². The topological polar surface area (TPSA) is 33.1 Å². The molecule has 0 amide bonds. The van der Waals surface area contributed by atoms with E-state index in [2.05, 4.69) is 4.98 Å². The summed E-state index contributed by atoms with van der Waals surface area (Å²) >= 11 is 0. The van der Waals surface area contributed by atoms with Crippen molar-refractivity contribution in [3.8, 4) is 22.3 Å². The minimum Gasteiger partial charge on any atom is -0.392 e. The fraction of sp³-hybridized carbons (Fsp3) is 0.0556. The minimum absolute atomic E-state index is 0.193. The van der Waals surface area contributed by atoms with E-state index in [4.69, 9.17) is 0 Å². The zero-order chi connectivity index (χ0) is 15.5. The van der Waals surface area contributed by atoms with Crippen LogP contribution in [-0.2, 0) is 6.61 Å². The summed E-state index contributed by atoms with van der Waals surface area (Å²) in [4.78, 5) is 4.19. The van der Waals surface area contributed by atoms with Gasteiger partial charge in [0.05, 0.1) is 6.61 Å². The molecule has 0 atom stereocenters. The number of aliphatic hydroxyl groups excluding tert-OH is 1. The lowest BCUT2D eigenvalue weighted by Crippen LogP contribution is -1.96. The second kappa shape index (κ2) is 6.03. The van der Waals surface area contributed by atoms with E-state index in [0.29, 0.717) is 5.56 Å². The highest BCUT2D eigenvalue weighted by molar-refractivity contribution is 5.77. The van der Waals surface area contributed by atoms with Crippen molar-refractivity contribution in [2.24, 2.45) is 0 Å². The predicted octanol–water partition coefficient (Wildman–Crippen LogP) is 4.19. The van der Waals surface area contributed by atoms with Crippen LogP contribution in [0.15, 0.2) is 60.9 Å². The van der Waals surface area contributed by atoms with Crippen molar-refractivity contribution in [3.05, 3.63) is 78.1 Å². The van der Waals surface area contributed by atoms with E-state index in [1.165, 1.54) is 24.3 Å². The third-order valence-corrected chi connectivity index (χ3v) is 3.53. The van der Waals surface area contributed by atoms with Crippen LogP contribution in [0.1, 0.15) is 5.56 Å². The van der Waals surface area contributed by atoms with Crippen molar-refractivity contribution in [3.63, 3.8) is 0 Å². The van der Waals surface area contributed by atoms with Gasteiger partial charge in [-0.15, -0.1) is 0 Å². The Bertz CT molecular complexity index is 719. The van der Waals surface area contributed by atoms with E-state index < -0.39 is 0 Å². The highest BCUT2D eigenvalue weighted by Gasteiger charge is 2.12. The molecule has 0 aliphatic rings. The van der Waals surface area contributed by atoms with Gasteiger partial charge in [-0.05, 0) is 41.0 Å². The van der Waals surface area contributed by atoms with Crippen molar-refractivity contribution < 1.29 is 13.9 Å². The van der Waals surface area contributed by atoms with Crippen molar-refractivity contribution in [2.45, 2.75) is 6.61 Å². The SMILES string of the molecule is OCc1c(-c2ccc(F)cc2)cncc1-c1ccc(F)cc1. The minimum atomic E-state index is -0.322. The van der Waals surface area contributed by atoms with Gasteiger partial charge in [0.1, 0.15) is 11.6 Å². The molecule has 0 aliphatic carbocycles. The Kier molecular flexibility index (Phi) is 3.94. The molecule has 1 N–H and O–H groups in total. The fourth-order valence-electron chi connectivity index (χ4n) is 2.41. The lowest BCUT2D eigenvalue weighted by molar-refractivity contribution is 0.283. The van der Waals surface area contributed by atoms with Gasteiger partial charge in [0, 0.05) is 23.5 Å². The standard InChI is InChI=1S/C18H13F2NO/c19-14-5-1-12(2-6-14)16-9-21-10-17(18(16)11-22)13-3-7-15(20)8-4-13/h1-10,22H,11H2. The Balaban J connectivity index is 2.15. The van der Waals surface area contributed by atoms with Gasteiger partial charge in [-0.2, -0.15) is 0 Å². The molecule has 1 heterocycles. The van der Waals surface area contributed by atoms with Crippen LogP contribution in [0.4, 0.5) is 8.78 Å². The van der Waals surface area contributed by atoms with Crippen molar-refractivity contribution >= 4 is 0 Å². The first-order valence-corrected chi connectivity index (χ1v) is 6.78. The molecule has 0 radical (unpaired) electrons. The summed E-state index contributed by atoms with van der Waals surface area (Å²) in [5.74, 6) is -0.645. The van der Waals surface area contributed by atoms with E-state index in [1.807, 2.05) is 0 Å². The number of halogens is 2. The number of hydrogen-bond acceptors (Lipinski definition) is 2. The maximum Gasteiger partial charge on any atom is 0.123 e. The smallest absolute Gasteiger partial charge is 0.123 e. The zero-order valence-corrected chi connectivity index (χ0v) is 11.6. The first-order valence-electron chi connectivity index (χ1n) is 6.78. The molecule has 0 fully saturated rings. The molecule has 0 unspecified atom stereocenters. The summed E-state index contributed by atoms with van der Waals surface area (Å²) in [5, 5.41) is 9.76. The molecule has 2 aromatic carbocycles. The summed E-state index contributed by atoms with van der Waals surface area (Å²) in [5.41, 5.74) is 3.66. The van der Waals surface area contributed by atoms with E-state index >= 15 is 0 Å². The summed E-state index contributed by atoms with van der Waals surface area (Å²) in [6.07, 6.45) is 3.26. The second-order valence-corrected chi connectivity index (χ2v) is 4.89. The third-order valence-electron chi connectivity index (χ3n) is 3.53. The van der Waals surface area contributed by atoms with E-state index in [0.717, 1.165) is 22.3 Å². The Labute approximate surface area is 126 Å². The normalized spacial score (nSPS) is 10.7. The molecule has 22 heavy (non-hydrogen) atoms. The molecular formula is C18H13F2NO. The molecule has 0 aliphatic heterocycles. The fourth-order valence-corrected chi connectivity index (χ4v) is 2.41. The van der Waals surface area contributed by atoms with Gasteiger partial charge >= 0.3 is 0 Å². The highest BCUT2D eigenvalue weighted by Crippen LogP contribution is 2.31. The molecule has 0 spiro atoms. The van der Waals surface area contributed by atoms with E-state index in [9.17, 15) is 13.9 Å². The molecule has 3 rings (SSSR count). The monoisotopic (exact) mass is 297 g/mol. The Morgan fingerprint density at radius 2 is 1.14 bits per heavy atom. The molecule has 0 saturated carbocycles. The highest BCUT2D eigenvalue weighted by atomic mass is 19.1. The van der Waals surface area contributed by atoms with E-state index in [1.54, 1.807) is 36.7 Å². The number of aromatic nitrogens is 1. The van der Waals surface area contributed by atoms with Crippen molar-refractivity contribution in [2.75, 3.05) is 0 Å². The number of rotatable bonds is 3. The van der Waals surface area contributed by atoms with Gasteiger partial charge in [-0.1, -0.05) is 24.3 Å². The molecule has 2 nitrogen and oxygen atoms in total. The van der Waals surface area contributed by atoms with Crippen LogP contribution in [0.3, 0.4) is 0 Å². The van der Waals surface area contributed by atoms with Gasteiger partial charge < -0.3 is 5.11 Å². The molecular weight excluding hydrogens is 284 g/mol. The second-order valence-electron chi connectivity index (χ2n) is 4.89. The van der Waals surface area contributed by atoms with Crippen LogP contribution < -0.4 is 0 Å². The first-order chi connectivity index (χ1) is 10.7. The van der Waals surface area contributed by atoms with Gasteiger partial charge in [-0.25, -0.2) is 8.78 Å². The Morgan fingerprint density at radius 3 is 1.50 bits per heavy atom. The molecule has 110 valence electrons. The molecule has 3 aromatic rings. The number of hydrogen-bond donors (Lipinski definition) is 1. The largest absolute Gasteiger partial charge is 0.392 e. The average molecular weight is 297 g/mol. The molecule has 4 heteroatoms. The van der Waals surface area contributed by atoms with Crippen LogP contribution in [0, 0.1) is 11.6 Å². The lowest BCUT2D eigenvalue weighted by Gasteiger charge is -2.13. The maximum absolute atomic E-state index is 13.1. The summed E-state index contributed by atoms with van der Waals surface area (Å²) in [6.45, 7) is -0.193. The van der Waals surface area contributed by atoms with Crippen LogP contribution in [0.2, 0.25) is 0 Å². The molecule has 0 saturated heterocycles. The zero-order valence-electron chi connectivity index (χ0n) is 11.6. The number of benzene rings is 2. The first kappa shape index (κ1) is 14.4. The predicted molar refractivity (Wildman–Crippen MR) is 80.9 cm³/mol. The Morgan fingerprint density at radius 1 is 0.727 bits per heavy atom. The molecule has 1 aromatic heterocycles. The average Bonchev–Trinajstić information content (AvgIpc) is 2.55. The summed E-state index contributed by atoms with van der Waals surface area (Å²) in [7, 11) is 0. The number of nitrogens with zero attached hydrogens (tertiary/aromatic N) is 1. The lowest BCUT2D eigenvalue weighted by atomic mass is 9.95. The molecule has 0 bridgehead atoms. The Hall–Kier alpha value is -2.59. The van der Waals surface area contributed by atoms with Crippen LogP contribution >= 0.6 is 0 Å². The van der Waals surface area contributed by atoms with Gasteiger partial charge in [0.15, 0.2) is 0 Å². The van der Waals surface area contributed by atoms with E-state index in [-0.39, 0.29) is 18.2 Å². The quantitative estimate of drug-likeness (QED) is 0.786. The van der Waals surface area contributed by atoms with Gasteiger partial charge in [0.2, 0.25) is 0 Å². The summed E-state index contributed by atoms with van der Waals surface area (Å²) < 4.78 is 26.1. The van der Waals surface area contributed by atoms with Crippen LogP contribution in [-0.4, -0.2) is 10.1 Å². The van der Waals surface area contributed by atoms with Gasteiger partial charge in [-0.3, -0.25) is 4.98 Å². The van der Waals surface area contributed by atoms with Crippen LogP contribution in [0.5, 0.6) is 0 Å². The van der Waals surface area contributed by atoms with Crippen molar-refractivity contribution in [1.82, 2.24) is 4.98 Å².